The first-order valence-corrected chi connectivity index (χ1v) is 14.4. The Labute approximate surface area is 209 Å². The highest BCUT2D eigenvalue weighted by Crippen LogP contribution is 2.41. The summed E-state index contributed by atoms with van der Waals surface area (Å²) in [4.78, 5) is 4.69. The van der Waals surface area contributed by atoms with Gasteiger partial charge >= 0.3 is 0 Å². The second-order valence-electron chi connectivity index (χ2n) is 10.4. The molecule has 189 valence electrons. The molecule has 0 fully saturated rings. The van der Waals surface area contributed by atoms with E-state index >= 15 is 0 Å². The minimum absolute atomic E-state index is 0.429. The van der Waals surface area contributed by atoms with Crippen molar-refractivity contribution in [1.82, 2.24) is 0 Å². The summed E-state index contributed by atoms with van der Waals surface area (Å²) in [7, 11) is -8.53. The average molecular weight is 530 g/mol. The van der Waals surface area contributed by atoms with Gasteiger partial charge in [0.15, 0.2) is 0 Å². The molecule has 0 saturated carbocycles. The Hall–Kier alpha value is -2.99. The zero-order valence-electron chi connectivity index (χ0n) is 20.1. The highest BCUT2D eigenvalue weighted by atomic mass is 32.2. The van der Waals surface area contributed by atoms with E-state index in [9.17, 15) is 25.9 Å². The monoisotopic (exact) mass is 529 g/mol. The molecule has 3 aliphatic heterocycles. The van der Waals surface area contributed by atoms with Crippen LogP contribution in [0.2, 0.25) is 0 Å². The van der Waals surface area contributed by atoms with Gasteiger partial charge in [-0.05, 0) is 51.0 Å². The lowest BCUT2D eigenvalue weighted by atomic mass is 9.89. The van der Waals surface area contributed by atoms with Gasteiger partial charge in [0.2, 0.25) is 0 Å². The summed E-state index contributed by atoms with van der Waals surface area (Å²) in [6, 6.07) is 6.96. The topological polar surface area (TPSA) is 142 Å². The number of ether oxygens (including phenoxy) is 1. The highest BCUT2D eigenvalue weighted by molar-refractivity contribution is 7.86. The van der Waals surface area contributed by atoms with Gasteiger partial charge in [-0.25, -0.2) is 0 Å². The number of nitrogens with zero attached hydrogens (tertiary/aromatic N) is 1. The van der Waals surface area contributed by atoms with E-state index in [1.54, 1.807) is 36.4 Å². The van der Waals surface area contributed by atoms with Crippen LogP contribution in [0.3, 0.4) is 0 Å². The SMILES string of the molecule is CC1(C)C=C(CS(=O)(=O)O)c2cc3c(cc2=N1)Oc1cc2c(cc1[C]=3)C(CS(=O)(=O)O)=CC(C)(C)N2. The van der Waals surface area contributed by atoms with Crippen LogP contribution in [-0.2, 0) is 20.2 Å². The molecule has 0 bridgehead atoms. The molecule has 5 rings (SSSR count). The molecule has 36 heavy (non-hydrogen) atoms. The van der Waals surface area contributed by atoms with Crippen LogP contribution in [0, 0.1) is 0 Å². The number of benzene rings is 2. The molecule has 2 aromatic rings. The van der Waals surface area contributed by atoms with E-state index in [2.05, 4.69) is 11.4 Å². The lowest BCUT2D eigenvalue weighted by molar-refractivity contribution is 0.472. The summed E-state index contributed by atoms with van der Waals surface area (Å²) in [5, 5.41) is 4.45. The molecule has 0 amide bonds. The van der Waals surface area contributed by atoms with Gasteiger partial charge in [-0.3, -0.25) is 14.1 Å². The summed E-state index contributed by atoms with van der Waals surface area (Å²) in [5.41, 5.74) is 2.04. The molecule has 3 aliphatic rings. The van der Waals surface area contributed by atoms with Crippen molar-refractivity contribution >= 4 is 43.1 Å². The lowest BCUT2D eigenvalue weighted by Gasteiger charge is -2.33. The van der Waals surface area contributed by atoms with E-state index in [1.807, 2.05) is 27.7 Å². The first-order chi connectivity index (χ1) is 16.5. The van der Waals surface area contributed by atoms with Crippen molar-refractivity contribution in [3.8, 4) is 11.5 Å². The van der Waals surface area contributed by atoms with E-state index in [1.165, 1.54) is 0 Å². The van der Waals surface area contributed by atoms with Crippen molar-refractivity contribution in [2.75, 3.05) is 16.8 Å². The van der Waals surface area contributed by atoms with Crippen LogP contribution in [0.25, 0.3) is 17.2 Å². The van der Waals surface area contributed by atoms with Crippen molar-refractivity contribution in [2.45, 2.75) is 38.8 Å². The molecular weight excluding hydrogens is 504 g/mol. The standard InChI is InChI=1S/C25H25N2O7S2/c1-24(2)10-16(12-35(28,29)30)18-6-14-5-15-7-19-17(13-36(31,32)33)11-25(3,4)27-21(19)9-23(15)34-22(14)8-20(18)26-24/h6-11,26H,12-13H2,1-4H3,(H,28,29,30)(H,31,32,33). The fourth-order valence-electron chi connectivity index (χ4n) is 4.87. The fourth-order valence-corrected chi connectivity index (χ4v) is 6.13. The maximum Gasteiger partial charge on any atom is 0.269 e. The molecule has 2 aromatic carbocycles. The molecule has 1 radical (unpaired) electrons. The second-order valence-corrected chi connectivity index (χ2v) is 13.3. The largest absolute Gasteiger partial charge is 0.456 e. The van der Waals surface area contributed by atoms with Crippen LogP contribution in [0.15, 0.2) is 41.4 Å². The summed E-state index contributed by atoms with van der Waals surface area (Å²) in [6.45, 7) is 7.46. The zero-order valence-corrected chi connectivity index (χ0v) is 21.7. The van der Waals surface area contributed by atoms with Crippen LogP contribution in [0.5, 0.6) is 11.5 Å². The van der Waals surface area contributed by atoms with Gasteiger partial charge in [0, 0.05) is 45.8 Å². The maximum atomic E-state index is 11.7. The number of anilines is 1. The molecule has 0 saturated heterocycles. The third-order valence-electron chi connectivity index (χ3n) is 6.00. The van der Waals surface area contributed by atoms with Crippen molar-refractivity contribution in [3.05, 3.63) is 63.7 Å². The van der Waals surface area contributed by atoms with Crippen molar-refractivity contribution in [2.24, 2.45) is 4.99 Å². The number of nitrogens with one attached hydrogen (secondary N) is 1. The Morgan fingerprint density at radius 1 is 0.889 bits per heavy atom. The summed E-state index contributed by atoms with van der Waals surface area (Å²) >= 11 is 0. The first kappa shape index (κ1) is 24.7. The van der Waals surface area contributed by atoms with Gasteiger partial charge in [0.1, 0.15) is 23.0 Å². The van der Waals surface area contributed by atoms with Crippen LogP contribution >= 0.6 is 0 Å². The Kier molecular flexibility index (Phi) is 5.32. The highest BCUT2D eigenvalue weighted by Gasteiger charge is 2.29. The van der Waals surface area contributed by atoms with E-state index in [0.717, 1.165) is 0 Å². The molecule has 3 heterocycles. The molecule has 0 atom stereocenters. The number of hydrogen-bond acceptors (Lipinski definition) is 7. The van der Waals surface area contributed by atoms with Crippen molar-refractivity contribution in [1.29, 1.82) is 0 Å². The lowest BCUT2D eigenvalue weighted by Crippen LogP contribution is -2.33. The van der Waals surface area contributed by atoms with Crippen LogP contribution in [0.4, 0.5) is 5.69 Å². The maximum absolute atomic E-state index is 11.7. The first-order valence-electron chi connectivity index (χ1n) is 11.1. The number of rotatable bonds is 4. The number of hydrogen-bond donors (Lipinski definition) is 3. The average Bonchev–Trinajstić information content (AvgIpc) is 2.66. The third kappa shape index (κ3) is 4.96. The Balaban J connectivity index is 1.67. The normalized spacial score (nSPS) is 18.9. The molecular formula is C25H25N2O7S2. The van der Waals surface area contributed by atoms with Crippen molar-refractivity contribution in [3.63, 3.8) is 0 Å². The molecule has 11 heteroatoms. The Bertz CT molecular complexity index is 1730. The molecule has 0 spiro atoms. The predicted molar refractivity (Wildman–Crippen MR) is 137 cm³/mol. The molecule has 0 unspecified atom stereocenters. The second kappa shape index (κ2) is 7.75. The number of fused-ring (bicyclic) bond motifs is 4. The van der Waals surface area contributed by atoms with E-state index < -0.39 is 42.8 Å². The van der Waals surface area contributed by atoms with Gasteiger partial charge in [-0.2, -0.15) is 16.8 Å². The molecule has 0 aromatic heterocycles. The summed E-state index contributed by atoms with van der Waals surface area (Å²) < 4.78 is 71.8. The Morgan fingerprint density at radius 2 is 1.53 bits per heavy atom. The van der Waals surface area contributed by atoms with Gasteiger partial charge in [0.25, 0.3) is 20.2 Å². The zero-order chi connectivity index (χ0) is 26.3. The van der Waals surface area contributed by atoms with Gasteiger partial charge in [-0.15, -0.1) is 0 Å². The van der Waals surface area contributed by atoms with E-state index in [-0.39, 0.29) is 0 Å². The van der Waals surface area contributed by atoms with E-state index in [0.29, 0.717) is 55.6 Å². The molecule has 3 N–H and O–H groups in total. The molecule has 9 nitrogen and oxygen atoms in total. The summed E-state index contributed by atoms with van der Waals surface area (Å²) in [5.74, 6) is -0.0943. The van der Waals surface area contributed by atoms with Gasteiger partial charge in [-0.1, -0.05) is 12.2 Å². The minimum atomic E-state index is -4.27. The van der Waals surface area contributed by atoms with E-state index in [4.69, 9.17) is 9.73 Å². The molecule has 0 aliphatic carbocycles. The Morgan fingerprint density at radius 3 is 2.17 bits per heavy atom. The minimum Gasteiger partial charge on any atom is -0.456 e. The summed E-state index contributed by atoms with van der Waals surface area (Å²) in [6.07, 6.45) is 6.75. The van der Waals surface area contributed by atoms with Gasteiger partial charge < -0.3 is 10.1 Å². The smallest absolute Gasteiger partial charge is 0.269 e. The van der Waals surface area contributed by atoms with Crippen LogP contribution in [0.1, 0.15) is 44.4 Å². The quantitative estimate of drug-likeness (QED) is 0.438. The van der Waals surface area contributed by atoms with Crippen molar-refractivity contribution < 1.29 is 30.7 Å². The fraction of sp³-hybridized carbons (Fsp3) is 0.320. The van der Waals surface area contributed by atoms with Gasteiger partial charge in [0.05, 0.1) is 16.4 Å². The van der Waals surface area contributed by atoms with Crippen LogP contribution < -0.4 is 20.6 Å². The predicted octanol–water partition coefficient (Wildman–Crippen LogP) is 2.66. The van der Waals surface area contributed by atoms with Crippen LogP contribution in [-0.4, -0.2) is 48.5 Å². The third-order valence-corrected chi connectivity index (χ3v) is 7.35.